The zero-order valence-electron chi connectivity index (χ0n) is 24.2. The van der Waals surface area contributed by atoms with Gasteiger partial charge in [0.15, 0.2) is 0 Å². The molecule has 0 bridgehead atoms. The summed E-state index contributed by atoms with van der Waals surface area (Å²) in [6, 6.07) is 13.1. The minimum atomic E-state index is -0.511. The Balaban J connectivity index is 0.00000212. The number of nitrogens with zero attached hydrogens (tertiary/aromatic N) is 4. The monoisotopic (exact) mass is 630 g/mol. The van der Waals surface area contributed by atoms with Crippen LogP contribution in [-0.4, -0.2) is 85.0 Å². The summed E-state index contributed by atoms with van der Waals surface area (Å²) < 4.78 is 0. The topological polar surface area (TPSA) is 105 Å². The van der Waals surface area contributed by atoms with Gasteiger partial charge in [-0.1, -0.05) is 37.1 Å². The molecule has 0 aliphatic carbocycles. The molecule has 4 fully saturated rings. The fourth-order valence-electron chi connectivity index (χ4n) is 6.36. The van der Waals surface area contributed by atoms with Crippen molar-refractivity contribution < 1.29 is 19.2 Å². The molecule has 4 aliphatic heterocycles. The highest BCUT2D eigenvalue weighted by molar-refractivity contribution is 6.22. The quantitative estimate of drug-likeness (QED) is 0.428. The van der Waals surface area contributed by atoms with Crippen molar-refractivity contribution in [2.75, 3.05) is 49.1 Å². The molecular formula is C31H40Cl2N6O4. The van der Waals surface area contributed by atoms with E-state index in [0.29, 0.717) is 30.9 Å². The van der Waals surface area contributed by atoms with E-state index in [1.165, 1.54) is 22.6 Å². The molecule has 2 aromatic carbocycles. The van der Waals surface area contributed by atoms with Crippen LogP contribution in [0.1, 0.15) is 49.7 Å². The number of piperidine rings is 2. The van der Waals surface area contributed by atoms with Gasteiger partial charge in [-0.25, -0.2) is 19.4 Å². The molecule has 43 heavy (non-hydrogen) atoms. The molecule has 2 N–H and O–H groups in total. The first-order chi connectivity index (χ1) is 20.0. The van der Waals surface area contributed by atoms with Gasteiger partial charge in [0.1, 0.15) is 12.1 Å². The van der Waals surface area contributed by atoms with Gasteiger partial charge in [-0.3, -0.25) is 9.59 Å². The first kappa shape index (κ1) is 32.7. The van der Waals surface area contributed by atoms with Crippen molar-refractivity contribution in [2.45, 2.75) is 57.0 Å². The molecule has 2 atom stereocenters. The molecule has 2 unspecified atom stereocenters. The lowest BCUT2D eigenvalue weighted by Crippen LogP contribution is -2.44. The number of hydrogen-bond acceptors (Lipinski definition) is 6. The summed E-state index contributed by atoms with van der Waals surface area (Å²) in [6.07, 6.45) is 7.61. The molecule has 0 spiro atoms. The van der Waals surface area contributed by atoms with Gasteiger partial charge < -0.3 is 20.4 Å². The van der Waals surface area contributed by atoms with Gasteiger partial charge in [0.2, 0.25) is 0 Å². The van der Waals surface area contributed by atoms with Crippen LogP contribution in [0.25, 0.3) is 0 Å². The zero-order valence-corrected chi connectivity index (χ0v) is 25.8. The second-order valence-electron chi connectivity index (χ2n) is 11.6. The summed E-state index contributed by atoms with van der Waals surface area (Å²) >= 11 is 0. The van der Waals surface area contributed by atoms with E-state index in [0.717, 1.165) is 63.0 Å². The first-order valence-corrected chi connectivity index (χ1v) is 14.9. The Hall–Kier alpha value is -3.18. The van der Waals surface area contributed by atoms with Crippen molar-refractivity contribution in [2.24, 2.45) is 0 Å². The molecule has 6 amide bonds. The van der Waals surface area contributed by atoms with Crippen molar-refractivity contribution in [1.82, 2.24) is 20.4 Å². The van der Waals surface area contributed by atoms with Crippen LogP contribution in [0.3, 0.4) is 0 Å². The Bertz CT molecular complexity index is 1200. The lowest BCUT2D eigenvalue weighted by molar-refractivity contribution is -0.119. The number of hydrogen-bond donors (Lipinski definition) is 2. The van der Waals surface area contributed by atoms with Gasteiger partial charge >= 0.3 is 12.1 Å². The molecular weight excluding hydrogens is 591 g/mol. The van der Waals surface area contributed by atoms with Crippen molar-refractivity contribution >= 4 is 60.1 Å². The number of carbonyl (C=O) groups is 4. The van der Waals surface area contributed by atoms with E-state index in [2.05, 4.69) is 20.4 Å². The van der Waals surface area contributed by atoms with Gasteiger partial charge in [-0.05, 0) is 93.7 Å². The highest BCUT2D eigenvalue weighted by Crippen LogP contribution is 2.25. The molecule has 4 saturated heterocycles. The summed E-state index contributed by atoms with van der Waals surface area (Å²) in [5.74, 6) is -0.412. The number of anilines is 2. The number of likely N-dealkylation sites (tertiary alicyclic amines) is 2. The van der Waals surface area contributed by atoms with Gasteiger partial charge in [0.25, 0.3) is 11.8 Å². The smallest absolute Gasteiger partial charge is 0.324 e. The van der Waals surface area contributed by atoms with Crippen molar-refractivity contribution in [1.29, 1.82) is 0 Å². The number of amides is 6. The molecule has 2 aromatic rings. The Labute approximate surface area is 264 Å². The van der Waals surface area contributed by atoms with Gasteiger partial charge in [-0.2, -0.15) is 0 Å². The Morgan fingerprint density at radius 2 is 0.884 bits per heavy atom. The maximum Gasteiger partial charge on any atom is 0.329 e. The minimum Gasteiger partial charge on any atom is -0.324 e. The average Bonchev–Trinajstić information content (AvgIpc) is 3.43. The van der Waals surface area contributed by atoms with Crippen LogP contribution in [-0.2, 0) is 16.0 Å². The molecule has 12 heteroatoms. The second kappa shape index (κ2) is 14.5. The van der Waals surface area contributed by atoms with Crippen LogP contribution >= 0.6 is 24.8 Å². The van der Waals surface area contributed by atoms with Gasteiger partial charge in [0.05, 0.1) is 11.4 Å². The Morgan fingerprint density at radius 1 is 0.535 bits per heavy atom. The van der Waals surface area contributed by atoms with E-state index in [4.69, 9.17) is 0 Å². The van der Waals surface area contributed by atoms with Crippen LogP contribution in [0.4, 0.5) is 21.0 Å². The third-order valence-electron chi connectivity index (χ3n) is 8.61. The second-order valence-corrected chi connectivity index (χ2v) is 11.6. The predicted octanol–water partition coefficient (Wildman–Crippen LogP) is 3.94. The van der Waals surface area contributed by atoms with Crippen molar-refractivity contribution in [3.63, 3.8) is 0 Å². The van der Waals surface area contributed by atoms with Crippen molar-refractivity contribution in [3.05, 3.63) is 59.7 Å². The Kier molecular flexibility index (Phi) is 11.1. The van der Waals surface area contributed by atoms with Crippen LogP contribution in [0.2, 0.25) is 0 Å². The van der Waals surface area contributed by atoms with Gasteiger partial charge in [0, 0.05) is 13.1 Å². The SMILES string of the molecule is Cl.Cl.O=C1NC(CN2CCCCC2)C(=O)N1c1ccc(Cc2ccc(N3C(=O)NC(CN4CCCCC4)C3=O)cc2)cc1. The molecule has 0 aromatic heterocycles. The number of rotatable bonds is 8. The summed E-state index contributed by atoms with van der Waals surface area (Å²) in [5, 5.41) is 5.70. The van der Waals surface area contributed by atoms with Crippen LogP contribution in [0, 0.1) is 0 Å². The molecule has 4 heterocycles. The summed E-state index contributed by atoms with van der Waals surface area (Å²) in [7, 11) is 0. The fourth-order valence-corrected chi connectivity index (χ4v) is 6.36. The highest BCUT2D eigenvalue weighted by atomic mass is 35.5. The third kappa shape index (κ3) is 7.32. The van der Waals surface area contributed by atoms with Crippen molar-refractivity contribution in [3.8, 4) is 0 Å². The Morgan fingerprint density at radius 3 is 1.23 bits per heavy atom. The van der Waals surface area contributed by atoms with Crippen LogP contribution < -0.4 is 20.4 Å². The van der Waals surface area contributed by atoms with E-state index >= 15 is 0 Å². The molecule has 4 aliphatic rings. The highest BCUT2D eigenvalue weighted by Gasteiger charge is 2.41. The summed E-state index contributed by atoms with van der Waals surface area (Å²) in [5.41, 5.74) is 3.17. The molecule has 6 rings (SSSR count). The van der Waals surface area contributed by atoms with E-state index in [1.807, 2.05) is 24.3 Å². The standard InChI is InChI=1S/C31H38N6O4.2ClH/c38-28-26(20-34-15-3-1-4-16-34)32-30(40)36(28)24-11-7-22(8-12-24)19-23-9-13-25(14-10-23)37-29(39)27(33-31(37)41)21-35-17-5-2-6-18-35;;/h7-14,26-27H,1-6,15-21H2,(H,32,40)(H,33,41);2*1H. The third-order valence-corrected chi connectivity index (χ3v) is 8.61. The van der Waals surface area contributed by atoms with E-state index in [1.54, 1.807) is 24.3 Å². The lowest BCUT2D eigenvalue weighted by atomic mass is 10.0. The summed E-state index contributed by atoms with van der Waals surface area (Å²) in [6.45, 7) is 4.98. The number of nitrogens with one attached hydrogen (secondary N) is 2. The largest absolute Gasteiger partial charge is 0.329 e. The number of benzene rings is 2. The molecule has 10 nitrogen and oxygen atoms in total. The number of imide groups is 2. The molecule has 232 valence electrons. The first-order valence-electron chi connectivity index (χ1n) is 14.9. The minimum absolute atomic E-state index is 0. The maximum atomic E-state index is 13.0. The van der Waals surface area contributed by atoms with E-state index in [-0.39, 0.29) is 48.7 Å². The lowest BCUT2D eigenvalue weighted by Gasteiger charge is -2.28. The van der Waals surface area contributed by atoms with E-state index < -0.39 is 12.1 Å². The fraction of sp³-hybridized carbons (Fsp3) is 0.484. The maximum absolute atomic E-state index is 13.0. The van der Waals surface area contributed by atoms with Crippen LogP contribution in [0.5, 0.6) is 0 Å². The average molecular weight is 632 g/mol. The van der Waals surface area contributed by atoms with Gasteiger partial charge in [-0.15, -0.1) is 24.8 Å². The number of urea groups is 2. The number of halogens is 2. The normalized spacial score (nSPS) is 23.1. The van der Waals surface area contributed by atoms with E-state index in [9.17, 15) is 19.2 Å². The predicted molar refractivity (Wildman–Crippen MR) is 170 cm³/mol. The number of carbonyl (C=O) groups excluding carboxylic acids is 4. The summed E-state index contributed by atoms with van der Waals surface area (Å²) in [4.78, 5) is 58.3. The molecule has 0 radical (unpaired) electrons. The molecule has 0 saturated carbocycles. The zero-order chi connectivity index (χ0) is 28.3. The van der Waals surface area contributed by atoms with Crippen LogP contribution in [0.15, 0.2) is 48.5 Å².